The first-order valence-corrected chi connectivity index (χ1v) is 7.68. The summed E-state index contributed by atoms with van der Waals surface area (Å²) in [5.74, 6) is -2.18. The molecular weight excluding hydrogens is 346 g/mol. The fourth-order valence-electron chi connectivity index (χ4n) is 1.95. The van der Waals surface area contributed by atoms with E-state index in [4.69, 9.17) is 16.0 Å². The molecule has 0 saturated heterocycles. The highest BCUT2D eigenvalue weighted by Gasteiger charge is 2.21. The van der Waals surface area contributed by atoms with Crippen LogP contribution in [0.25, 0.3) is 10.8 Å². The van der Waals surface area contributed by atoms with Gasteiger partial charge in [-0.05, 0) is 30.5 Å². The number of amides is 1. The number of aryl methyl sites for hydroxylation is 1. The minimum absolute atomic E-state index is 0.0397. The van der Waals surface area contributed by atoms with Gasteiger partial charge in [0.25, 0.3) is 5.91 Å². The molecule has 1 amide bonds. The van der Waals surface area contributed by atoms with E-state index in [2.05, 4.69) is 10.3 Å². The number of anilines is 1. The number of benzene rings is 1. The summed E-state index contributed by atoms with van der Waals surface area (Å²) >= 11 is 6.94. The van der Waals surface area contributed by atoms with Crippen molar-refractivity contribution in [3.8, 4) is 10.8 Å². The molecule has 0 atom stereocenters. The molecule has 0 saturated carbocycles. The predicted molar refractivity (Wildman–Crippen MR) is 83.9 cm³/mol. The Balaban J connectivity index is 1.90. The predicted octanol–water partition coefficient (Wildman–Crippen LogP) is 4.90. The van der Waals surface area contributed by atoms with Crippen LogP contribution < -0.4 is 5.32 Å². The maximum Gasteiger partial charge on any atom is 0.278 e. The van der Waals surface area contributed by atoms with Crippen LogP contribution in [0.2, 0.25) is 5.02 Å². The Kier molecular flexibility index (Phi) is 4.14. The first-order valence-electron chi connectivity index (χ1n) is 6.43. The molecule has 0 bridgehead atoms. The quantitative estimate of drug-likeness (QED) is 0.728. The fraction of sp³-hybridized carbons (Fsp3) is 0.0667. The zero-order valence-corrected chi connectivity index (χ0v) is 13.3. The molecular formula is C15H9ClF2N2O2S. The number of hydrogen-bond acceptors (Lipinski definition) is 4. The molecule has 8 heteroatoms. The number of carbonyl (C=O) groups is 1. The molecule has 1 N–H and O–H groups in total. The van der Waals surface area contributed by atoms with Crippen molar-refractivity contribution in [2.45, 2.75) is 6.92 Å². The number of carbonyl (C=O) groups excluding carboxylic acids is 1. The van der Waals surface area contributed by atoms with E-state index in [0.717, 1.165) is 17.0 Å². The molecule has 2 heterocycles. The topological polar surface area (TPSA) is 55.1 Å². The first kappa shape index (κ1) is 15.6. The molecule has 4 nitrogen and oxygen atoms in total. The monoisotopic (exact) mass is 354 g/mol. The van der Waals surface area contributed by atoms with Gasteiger partial charge in [-0.25, -0.2) is 13.8 Å². The van der Waals surface area contributed by atoms with Gasteiger partial charge in [-0.2, -0.15) is 0 Å². The number of oxazole rings is 1. The number of aromatic nitrogens is 1. The molecule has 0 radical (unpaired) electrons. The van der Waals surface area contributed by atoms with E-state index in [1.54, 1.807) is 13.0 Å². The summed E-state index contributed by atoms with van der Waals surface area (Å²) in [5, 5.41) is 3.89. The van der Waals surface area contributed by atoms with Gasteiger partial charge in [0.15, 0.2) is 17.3 Å². The Morgan fingerprint density at radius 2 is 2.04 bits per heavy atom. The number of hydrogen-bond donors (Lipinski definition) is 1. The second kappa shape index (κ2) is 6.10. The van der Waals surface area contributed by atoms with E-state index in [0.29, 0.717) is 0 Å². The Hall–Kier alpha value is -2.25. The first-order chi connectivity index (χ1) is 11.0. The smallest absolute Gasteiger partial charge is 0.278 e. The van der Waals surface area contributed by atoms with Crippen LogP contribution >= 0.6 is 22.9 Å². The van der Waals surface area contributed by atoms with Crippen molar-refractivity contribution in [2.75, 3.05) is 5.32 Å². The normalized spacial score (nSPS) is 10.8. The molecule has 0 aliphatic carbocycles. The van der Waals surface area contributed by atoms with Crippen molar-refractivity contribution >= 4 is 34.5 Å². The molecule has 2 aromatic heterocycles. The number of nitrogens with one attached hydrogen (secondary N) is 1. The number of halogens is 3. The fourth-order valence-corrected chi connectivity index (χ4v) is 2.79. The Morgan fingerprint density at radius 1 is 1.35 bits per heavy atom. The van der Waals surface area contributed by atoms with Crippen LogP contribution in [0.1, 0.15) is 16.2 Å². The largest absolute Gasteiger partial charge is 0.440 e. The van der Waals surface area contributed by atoms with E-state index in [1.807, 2.05) is 11.4 Å². The van der Waals surface area contributed by atoms with Gasteiger partial charge in [0.1, 0.15) is 11.4 Å². The van der Waals surface area contributed by atoms with Gasteiger partial charge >= 0.3 is 0 Å². The third kappa shape index (κ3) is 3.11. The summed E-state index contributed by atoms with van der Waals surface area (Å²) in [6, 6.07) is 5.42. The standard InChI is InChI=1S/C15H9ClF2N2O2S/c1-7-12(20-15(22-7)11-3-2-4-23-11)14(21)19-13-9(17)5-8(16)6-10(13)18/h2-6H,1H3,(H,19,21). The summed E-state index contributed by atoms with van der Waals surface area (Å²) in [6.45, 7) is 1.55. The maximum atomic E-state index is 13.7. The van der Waals surface area contributed by atoms with Crippen molar-refractivity contribution < 1.29 is 18.0 Å². The van der Waals surface area contributed by atoms with Gasteiger partial charge < -0.3 is 9.73 Å². The van der Waals surface area contributed by atoms with Crippen molar-refractivity contribution in [3.63, 3.8) is 0 Å². The van der Waals surface area contributed by atoms with E-state index in [9.17, 15) is 13.6 Å². The van der Waals surface area contributed by atoms with Crippen molar-refractivity contribution in [2.24, 2.45) is 0 Å². The Bertz CT molecular complexity index is 855. The highest BCUT2D eigenvalue weighted by atomic mass is 35.5. The minimum Gasteiger partial charge on any atom is -0.440 e. The highest BCUT2D eigenvalue weighted by Crippen LogP contribution is 2.27. The molecule has 118 valence electrons. The molecule has 0 fully saturated rings. The van der Waals surface area contributed by atoms with Crippen molar-refractivity contribution in [1.29, 1.82) is 0 Å². The Labute approximate surface area is 138 Å². The Morgan fingerprint density at radius 3 is 2.65 bits per heavy atom. The lowest BCUT2D eigenvalue weighted by Crippen LogP contribution is -2.15. The van der Waals surface area contributed by atoms with E-state index in [1.165, 1.54) is 11.3 Å². The van der Waals surface area contributed by atoms with Crippen LogP contribution in [-0.4, -0.2) is 10.9 Å². The van der Waals surface area contributed by atoms with Crippen LogP contribution in [0.15, 0.2) is 34.1 Å². The van der Waals surface area contributed by atoms with Gasteiger partial charge in [0.2, 0.25) is 5.89 Å². The molecule has 0 unspecified atom stereocenters. The lowest BCUT2D eigenvalue weighted by molar-refractivity contribution is 0.102. The van der Waals surface area contributed by atoms with Gasteiger partial charge in [-0.3, -0.25) is 4.79 Å². The number of rotatable bonds is 3. The van der Waals surface area contributed by atoms with E-state index < -0.39 is 23.2 Å². The van der Waals surface area contributed by atoms with E-state index >= 15 is 0 Å². The third-order valence-corrected chi connectivity index (χ3v) is 4.07. The van der Waals surface area contributed by atoms with Gasteiger partial charge in [-0.15, -0.1) is 11.3 Å². The summed E-state index contributed by atoms with van der Waals surface area (Å²) in [6.07, 6.45) is 0. The molecule has 23 heavy (non-hydrogen) atoms. The third-order valence-electron chi connectivity index (χ3n) is 2.99. The highest BCUT2D eigenvalue weighted by molar-refractivity contribution is 7.13. The van der Waals surface area contributed by atoms with Crippen molar-refractivity contribution in [1.82, 2.24) is 4.98 Å². The van der Waals surface area contributed by atoms with Crippen LogP contribution in [0, 0.1) is 18.6 Å². The molecule has 0 aliphatic rings. The van der Waals surface area contributed by atoms with Gasteiger partial charge in [0.05, 0.1) is 4.88 Å². The van der Waals surface area contributed by atoms with Gasteiger partial charge in [0, 0.05) is 5.02 Å². The molecule has 1 aromatic carbocycles. The number of thiophene rings is 1. The van der Waals surface area contributed by atoms with Crippen LogP contribution in [0.3, 0.4) is 0 Å². The molecule has 0 aliphatic heterocycles. The molecule has 3 aromatic rings. The second-order valence-corrected chi connectivity index (χ2v) is 5.98. The lowest BCUT2D eigenvalue weighted by Gasteiger charge is -2.06. The van der Waals surface area contributed by atoms with Crippen LogP contribution in [0.5, 0.6) is 0 Å². The summed E-state index contributed by atoms with van der Waals surface area (Å²) < 4.78 is 32.9. The van der Waals surface area contributed by atoms with Crippen LogP contribution in [-0.2, 0) is 0 Å². The SMILES string of the molecule is Cc1oc(-c2cccs2)nc1C(=O)Nc1c(F)cc(Cl)cc1F. The average Bonchev–Trinajstić information content (AvgIpc) is 3.11. The number of nitrogens with zero attached hydrogens (tertiary/aromatic N) is 1. The lowest BCUT2D eigenvalue weighted by atomic mass is 10.2. The maximum absolute atomic E-state index is 13.7. The molecule has 0 spiro atoms. The summed E-state index contributed by atoms with van der Waals surface area (Å²) in [4.78, 5) is 17.0. The second-order valence-electron chi connectivity index (χ2n) is 4.60. The summed E-state index contributed by atoms with van der Waals surface area (Å²) in [5.41, 5.74) is -0.623. The van der Waals surface area contributed by atoms with E-state index in [-0.39, 0.29) is 22.4 Å². The zero-order valence-electron chi connectivity index (χ0n) is 11.7. The summed E-state index contributed by atoms with van der Waals surface area (Å²) in [7, 11) is 0. The molecule has 3 rings (SSSR count). The minimum atomic E-state index is -0.969. The zero-order chi connectivity index (χ0) is 16.6. The van der Waals surface area contributed by atoms with Crippen molar-refractivity contribution in [3.05, 3.63) is 57.8 Å². The average molecular weight is 355 g/mol. The van der Waals surface area contributed by atoms with Crippen LogP contribution in [0.4, 0.5) is 14.5 Å². The van der Waals surface area contributed by atoms with Gasteiger partial charge in [-0.1, -0.05) is 17.7 Å².